The summed E-state index contributed by atoms with van der Waals surface area (Å²) in [6.45, 7) is 1.34. The van der Waals surface area contributed by atoms with Gasteiger partial charge in [-0.05, 0) is 19.1 Å². The summed E-state index contributed by atoms with van der Waals surface area (Å²) in [5.74, 6) is 0.579. The molecule has 0 aromatic carbocycles. The summed E-state index contributed by atoms with van der Waals surface area (Å²) in [4.78, 5) is 16.9. The van der Waals surface area contributed by atoms with Gasteiger partial charge in [-0.2, -0.15) is 0 Å². The molecule has 0 amide bonds. The molecular formula is C10H14N2O2S2. The molecule has 1 aromatic rings. The van der Waals surface area contributed by atoms with Crippen molar-refractivity contribution in [1.82, 2.24) is 4.98 Å². The van der Waals surface area contributed by atoms with Crippen molar-refractivity contribution in [2.45, 2.75) is 17.2 Å². The Bertz CT molecular complexity index is 386. The van der Waals surface area contributed by atoms with E-state index in [0.29, 0.717) is 23.9 Å². The van der Waals surface area contributed by atoms with Gasteiger partial charge in [-0.15, -0.1) is 11.3 Å². The van der Waals surface area contributed by atoms with E-state index >= 15 is 0 Å². The number of nitrogens with two attached hydrogens (primary N) is 1. The summed E-state index contributed by atoms with van der Waals surface area (Å²) in [7, 11) is 0. The van der Waals surface area contributed by atoms with Crippen LogP contribution in [-0.4, -0.2) is 30.2 Å². The molecule has 1 saturated heterocycles. The van der Waals surface area contributed by atoms with Gasteiger partial charge in [0, 0.05) is 19.1 Å². The first-order valence-electron chi connectivity index (χ1n) is 5.14. The van der Waals surface area contributed by atoms with Gasteiger partial charge in [0.05, 0.1) is 0 Å². The Morgan fingerprint density at radius 2 is 2.25 bits per heavy atom. The normalized spacial score (nSPS) is 17.6. The number of Topliss-reactive ketones (excluding diaryl/α,β-unsaturated/α-hetero) is 1. The number of thiazole rings is 1. The van der Waals surface area contributed by atoms with Gasteiger partial charge in [0.15, 0.2) is 10.1 Å². The third kappa shape index (κ3) is 2.39. The molecule has 1 aliphatic rings. The second-order valence-electron chi connectivity index (χ2n) is 3.65. The molecule has 0 saturated carbocycles. The smallest absolute Gasteiger partial charge is 0.179 e. The molecule has 2 heterocycles. The van der Waals surface area contributed by atoms with Gasteiger partial charge in [-0.25, -0.2) is 4.98 Å². The number of carbonyl (C=O) groups excluding carboxylic acids is 1. The Hall–Kier alpha value is -0.590. The van der Waals surface area contributed by atoms with Crippen LogP contribution in [0.2, 0.25) is 0 Å². The van der Waals surface area contributed by atoms with Crippen molar-refractivity contribution in [2.24, 2.45) is 5.92 Å². The number of aromatic nitrogens is 1. The van der Waals surface area contributed by atoms with Crippen LogP contribution in [0, 0.1) is 5.92 Å². The molecule has 16 heavy (non-hydrogen) atoms. The van der Waals surface area contributed by atoms with Crippen LogP contribution < -0.4 is 5.73 Å². The van der Waals surface area contributed by atoms with Crippen LogP contribution >= 0.6 is 23.1 Å². The summed E-state index contributed by atoms with van der Waals surface area (Å²) in [6.07, 6.45) is 3.52. The highest BCUT2D eigenvalue weighted by atomic mass is 32.2. The lowest BCUT2D eigenvalue weighted by molar-refractivity contribution is 0.0548. The first-order valence-corrected chi connectivity index (χ1v) is 7.18. The maximum absolute atomic E-state index is 12.2. The SMILES string of the molecule is CSc1nc(N)c(C(=O)C2CCOCC2)s1. The molecule has 0 spiro atoms. The highest BCUT2D eigenvalue weighted by molar-refractivity contribution is 8.00. The van der Waals surface area contributed by atoms with E-state index in [9.17, 15) is 4.79 Å². The zero-order valence-electron chi connectivity index (χ0n) is 9.06. The third-order valence-corrected chi connectivity index (χ3v) is 4.70. The van der Waals surface area contributed by atoms with Crippen LogP contribution in [0.25, 0.3) is 0 Å². The summed E-state index contributed by atoms with van der Waals surface area (Å²) < 4.78 is 6.10. The number of hydrogen-bond acceptors (Lipinski definition) is 6. The second-order valence-corrected chi connectivity index (χ2v) is 5.70. The van der Waals surface area contributed by atoms with E-state index in [4.69, 9.17) is 10.5 Å². The van der Waals surface area contributed by atoms with Crippen molar-refractivity contribution in [3.05, 3.63) is 4.88 Å². The van der Waals surface area contributed by atoms with E-state index < -0.39 is 0 Å². The Morgan fingerprint density at radius 1 is 1.56 bits per heavy atom. The average Bonchev–Trinajstić information content (AvgIpc) is 2.71. The minimum absolute atomic E-state index is 0.0613. The van der Waals surface area contributed by atoms with Crippen LogP contribution in [0.4, 0.5) is 5.82 Å². The number of anilines is 1. The molecule has 0 unspecified atom stereocenters. The van der Waals surface area contributed by atoms with E-state index in [1.54, 1.807) is 0 Å². The summed E-state index contributed by atoms with van der Waals surface area (Å²) in [5, 5.41) is 0. The summed E-state index contributed by atoms with van der Waals surface area (Å²) in [5.41, 5.74) is 5.76. The first-order chi connectivity index (χ1) is 7.72. The lowest BCUT2D eigenvalue weighted by Crippen LogP contribution is -2.23. The highest BCUT2D eigenvalue weighted by Crippen LogP contribution is 2.31. The number of ether oxygens (including phenoxy) is 1. The van der Waals surface area contributed by atoms with Crippen molar-refractivity contribution in [3.63, 3.8) is 0 Å². The molecule has 4 nitrogen and oxygen atoms in total. The quantitative estimate of drug-likeness (QED) is 0.664. The fraction of sp³-hybridized carbons (Fsp3) is 0.600. The summed E-state index contributed by atoms with van der Waals surface area (Å²) in [6, 6.07) is 0. The minimum Gasteiger partial charge on any atom is -0.382 e. The molecule has 1 fully saturated rings. The fourth-order valence-corrected chi connectivity index (χ4v) is 3.23. The summed E-state index contributed by atoms with van der Waals surface area (Å²) >= 11 is 2.92. The van der Waals surface area contributed by atoms with Crippen molar-refractivity contribution in [3.8, 4) is 0 Å². The molecule has 1 aliphatic heterocycles. The molecule has 6 heteroatoms. The molecule has 0 aliphatic carbocycles. The number of nitrogens with zero attached hydrogens (tertiary/aromatic N) is 1. The predicted octanol–water partition coefficient (Wildman–Crippen LogP) is 2.06. The Morgan fingerprint density at radius 3 is 2.81 bits per heavy atom. The molecular weight excluding hydrogens is 244 g/mol. The lowest BCUT2D eigenvalue weighted by Gasteiger charge is -2.20. The maximum atomic E-state index is 12.2. The van der Waals surface area contributed by atoms with Crippen molar-refractivity contribution < 1.29 is 9.53 Å². The molecule has 2 rings (SSSR count). The standard InChI is InChI=1S/C10H14N2O2S2/c1-15-10-12-9(11)8(16-10)7(13)6-2-4-14-5-3-6/h6H,2-5,11H2,1H3. The van der Waals surface area contributed by atoms with Crippen LogP contribution in [0.1, 0.15) is 22.5 Å². The van der Waals surface area contributed by atoms with E-state index in [-0.39, 0.29) is 11.7 Å². The van der Waals surface area contributed by atoms with Gasteiger partial charge in [0.2, 0.25) is 0 Å². The van der Waals surface area contributed by atoms with Crippen LogP contribution in [0.5, 0.6) is 0 Å². The zero-order valence-corrected chi connectivity index (χ0v) is 10.7. The number of carbonyl (C=O) groups is 1. The second kappa shape index (κ2) is 5.16. The van der Waals surface area contributed by atoms with Crippen molar-refractivity contribution in [1.29, 1.82) is 0 Å². The Balaban J connectivity index is 2.15. The van der Waals surface area contributed by atoms with Crippen LogP contribution in [0.3, 0.4) is 0 Å². The van der Waals surface area contributed by atoms with Gasteiger partial charge >= 0.3 is 0 Å². The predicted molar refractivity (Wildman–Crippen MR) is 66.2 cm³/mol. The van der Waals surface area contributed by atoms with Crippen molar-refractivity contribution in [2.75, 3.05) is 25.2 Å². The number of nitrogen functional groups attached to an aromatic ring is 1. The van der Waals surface area contributed by atoms with E-state index in [1.165, 1.54) is 23.1 Å². The van der Waals surface area contributed by atoms with Gasteiger partial charge in [0.25, 0.3) is 0 Å². The average molecular weight is 258 g/mol. The van der Waals surface area contributed by atoms with E-state index in [0.717, 1.165) is 17.2 Å². The maximum Gasteiger partial charge on any atom is 0.179 e. The molecule has 2 N–H and O–H groups in total. The number of rotatable bonds is 3. The van der Waals surface area contributed by atoms with Crippen molar-refractivity contribution >= 4 is 34.7 Å². The molecule has 0 atom stereocenters. The first kappa shape index (κ1) is 11.9. The van der Waals surface area contributed by atoms with Gasteiger partial charge in [0.1, 0.15) is 10.7 Å². The number of hydrogen-bond donors (Lipinski definition) is 1. The topological polar surface area (TPSA) is 65.2 Å². The zero-order chi connectivity index (χ0) is 11.5. The molecule has 0 radical (unpaired) electrons. The monoisotopic (exact) mass is 258 g/mol. The minimum atomic E-state index is 0.0613. The molecule has 1 aromatic heterocycles. The van der Waals surface area contributed by atoms with E-state index in [2.05, 4.69) is 4.98 Å². The lowest BCUT2D eigenvalue weighted by atomic mass is 9.94. The molecule has 88 valence electrons. The number of thioether (sulfide) groups is 1. The van der Waals surface area contributed by atoms with Crippen LogP contribution in [0.15, 0.2) is 4.34 Å². The van der Waals surface area contributed by atoms with Gasteiger partial charge in [-0.3, -0.25) is 4.79 Å². The highest BCUT2D eigenvalue weighted by Gasteiger charge is 2.26. The Labute approximate surface area is 103 Å². The van der Waals surface area contributed by atoms with Gasteiger partial charge < -0.3 is 10.5 Å². The molecule has 0 bridgehead atoms. The van der Waals surface area contributed by atoms with E-state index in [1.807, 2.05) is 6.26 Å². The number of ketones is 1. The Kier molecular flexibility index (Phi) is 3.83. The largest absolute Gasteiger partial charge is 0.382 e. The fourth-order valence-electron chi connectivity index (χ4n) is 1.72. The third-order valence-electron chi connectivity index (χ3n) is 2.62. The van der Waals surface area contributed by atoms with Crippen LogP contribution in [-0.2, 0) is 4.74 Å². The van der Waals surface area contributed by atoms with Gasteiger partial charge in [-0.1, -0.05) is 11.8 Å².